The maximum atomic E-state index is 10.7. The van der Waals surface area contributed by atoms with Crippen molar-refractivity contribution >= 4 is 39.1 Å². The number of hydrogen-bond donors (Lipinski definition) is 1. The number of rotatable bonds is 1. The van der Waals surface area contributed by atoms with Crippen molar-refractivity contribution in [2.24, 2.45) is 0 Å². The number of nitrogens with zero attached hydrogens (tertiary/aromatic N) is 2. The second kappa shape index (κ2) is 3.25. The molecule has 0 spiro atoms. The van der Waals surface area contributed by atoms with Gasteiger partial charge in [-0.15, -0.1) is 0 Å². The summed E-state index contributed by atoms with van der Waals surface area (Å²) in [5.41, 5.74) is 0.519. The second-order valence-corrected chi connectivity index (χ2v) is 3.82. The van der Waals surface area contributed by atoms with Gasteiger partial charge in [0.15, 0.2) is 5.69 Å². The van der Waals surface area contributed by atoms with Crippen LogP contribution in [0.3, 0.4) is 0 Å². The molecule has 2 aromatic rings. The van der Waals surface area contributed by atoms with Crippen molar-refractivity contribution in [3.63, 3.8) is 0 Å². The number of carboxylic acid groups (broad SMARTS) is 1. The van der Waals surface area contributed by atoms with E-state index >= 15 is 0 Å². The van der Waals surface area contributed by atoms with Crippen LogP contribution < -0.4 is 0 Å². The predicted octanol–water partition coefficient (Wildman–Crippen LogP) is 2.45. The fourth-order valence-corrected chi connectivity index (χ4v) is 1.83. The molecule has 2 rings (SSSR count). The summed E-state index contributed by atoms with van der Waals surface area (Å²) in [6, 6.07) is 3.31. The molecule has 2 heterocycles. The van der Waals surface area contributed by atoms with Crippen molar-refractivity contribution in [3.05, 3.63) is 33.6 Å². The van der Waals surface area contributed by atoms with Crippen molar-refractivity contribution in [2.75, 3.05) is 0 Å². The highest BCUT2D eigenvalue weighted by Crippen LogP contribution is 2.21. The van der Waals surface area contributed by atoms with Gasteiger partial charge in [0.1, 0.15) is 10.3 Å². The van der Waals surface area contributed by atoms with Crippen LogP contribution in [-0.4, -0.2) is 20.5 Å². The van der Waals surface area contributed by atoms with E-state index in [2.05, 4.69) is 20.9 Å². The molecule has 0 aliphatic heterocycles. The van der Waals surface area contributed by atoms with Crippen molar-refractivity contribution in [2.45, 2.75) is 0 Å². The van der Waals surface area contributed by atoms with Gasteiger partial charge in [-0.1, -0.05) is 11.6 Å². The molecule has 0 amide bonds. The molecule has 0 aliphatic rings. The van der Waals surface area contributed by atoms with Gasteiger partial charge in [0.2, 0.25) is 0 Å². The van der Waals surface area contributed by atoms with E-state index in [9.17, 15) is 4.79 Å². The summed E-state index contributed by atoms with van der Waals surface area (Å²) in [6.45, 7) is 0. The number of imidazole rings is 1. The highest BCUT2D eigenvalue weighted by atomic mass is 79.9. The number of carboxylic acids is 1. The van der Waals surface area contributed by atoms with E-state index in [0.717, 1.165) is 0 Å². The molecule has 0 radical (unpaired) electrons. The van der Waals surface area contributed by atoms with Gasteiger partial charge in [0.25, 0.3) is 0 Å². The van der Waals surface area contributed by atoms with Crippen LogP contribution >= 0.6 is 27.5 Å². The smallest absolute Gasteiger partial charge is 0.357 e. The third kappa shape index (κ3) is 1.38. The van der Waals surface area contributed by atoms with Crippen LogP contribution in [0.5, 0.6) is 0 Å². The lowest BCUT2D eigenvalue weighted by atomic mass is 10.5. The molecule has 72 valence electrons. The summed E-state index contributed by atoms with van der Waals surface area (Å²) >= 11 is 8.91. The lowest BCUT2D eigenvalue weighted by Crippen LogP contribution is -1.97. The first-order valence-corrected chi connectivity index (χ1v) is 4.83. The lowest BCUT2D eigenvalue weighted by Gasteiger charge is -1.94. The summed E-state index contributed by atoms with van der Waals surface area (Å²) in [5, 5.41) is 9.32. The van der Waals surface area contributed by atoms with Gasteiger partial charge >= 0.3 is 5.97 Å². The van der Waals surface area contributed by atoms with E-state index in [-0.39, 0.29) is 5.69 Å². The van der Waals surface area contributed by atoms with E-state index < -0.39 is 5.97 Å². The van der Waals surface area contributed by atoms with Gasteiger partial charge in [0.05, 0.1) is 5.02 Å². The Morgan fingerprint density at radius 1 is 1.57 bits per heavy atom. The molecule has 2 aromatic heterocycles. The minimum Gasteiger partial charge on any atom is -0.476 e. The van der Waals surface area contributed by atoms with Crippen LogP contribution in [0.15, 0.2) is 22.9 Å². The summed E-state index contributed by atoms with van der Waals surface area (Å²) in [5.74, 6) is -1.07. The first-order chi connectivity index (χ1) is 6.59. The van der Waals surface area contributed by atoms with E-state index in [1.807, 2.05) is 0 Å². The number of hydrogen-bond acceptors (Lipinski definition) is 2. The Balaban J connectivity index is 2.80. The van der Waals surface area contributed by atoms with Crippen LogP contribution in [0.4, 0.5) is 0 Å². The minimum absolute atomic E-state index is 0.0210. The first kappa shape index (κ1) is 9.48. The molecule has 6 heteroatoms. The van der Waals surface area contributed by atoms with Gasteiger partial charge in [-0.05, 0) is 28.1 Å². The van der Waals surface area contributed by atoms with Gasteiger partial charge in [-0.3, -0.25) is 4.40 Å². The maximum absolute atomic E-state index is 10.7. The Kier molecular flexibility index (Phi) is 2.20. The van der Waals surface area contributed by atoms with Gasteiger partial charge in [-0.2, -0.15) is 0 Å². The number of pyridine rings is 1. The molecule has 0 atom stereocenters. The van der Waals surface area contributed by atoms with Crippen LogP contribution in [0.2, 0.25) is 5.02 Å². The van der Waals surface area contributed by atoms with Crippen LogP contribution in [0, 0.1) is 0 Å². The lowest BCUT2D eigenvalue weighted by molar-refractivity contribution is 0.0690. The molecule has 0 saturated carbocycles. The SMILES string of the molecule is O=C(O)c1nc2ccc(Cl)cn2c1Br. The number of carbonyl (C=O) groups is 1. The van der Waals surface area contributed by atoms with Crippen LogP contribution in [-0.2, 0) is 0 Å². The molecule has 0 aliphatic carbocycles. The molecule has 14 heavy (non-hydrogen) atoms. The maximum Gasteiger partial charge on any atom is 0.357 e. The van der Waals surface area contributed by atoms with E-state index in [4.69, 9.17) is 16.7 Å². The number of aromatic carboxylic acids is 1. The molecule has 0 saturated heterocycles. The monoisotopic (exact) mass is 274 g/mol. The van der Waals surface area contributed by atoms with Gasteiger partial charge in [-0.25, -0.2) is 9.78 Å². The van der Waals surface area contributed by atoms with E-state index in [1.54, 1.807) is 22.7 Å². The standard InChI is InChI=1S/C8H4BrClN2O2/c9-7-6(8(13)14)11-5-2-1-4(10)3-12(5)7/h1-3H,(H,13,14). The predicted molar refractivity (Wildman–Crippen MR) is 54.9 cm³/mol. The average molecular weight is 275 g/mol. The van der Waals surface area contributed by atoms with Crippen molar-refractivity contribution < 1.29 is 9.90 Å². The van der Waals surface area contributed by atoms with Gasteiger partial charge in [0, 0.05) is 6.20 Å². The molecule has 4 nitrogen and oxygen atoms in total. The number of fused-ring (bicyclic) bond motifs is 1. The molecule has 1 N–H and O–H groups in total. The Morgan fingerprint density at radius 3 is 2.93 bits per heavy atom. The fraction of sp³-hybridized carbons (Fsp3) is 0. The third-order valence-electron chi connectivity index (χ3n) is 1.73. The topological polar surface area (TPSA) is 54.6 Å². The molecular weight excluding hydrogens is 271 g/mol. The van der Waals surface area contributed by atoms with Crippen LogP contribution in [0.1, 0.15) is 10.5 Å². The molecule has 0 fully saturated rings. The molecular formula is C8H4BrClN2O2. The largest absolute Gasteiger partial charge is 0.476 e. The normalized spacial score (nSPS) is 10.7. The Morgan fingerprint density at radius 2 is 2.29 bits per heavy atom. The Hall–Kier alpha value is -1.07. The highest BCUT2D eigenvalue weighted by molar-refractivity contribution is 9.10. The highest BCUT2D eigenvalue weighted by Gasteiger charge is 2.15. The second-order valence-electron chi connectivity index (χ2n) is 2.63. The van der Waals surface area contributed by atoms with Gasteiger partial charge < -0.3 is 5.11 Å². The van der Waals surface area contributed by atoms with Crippen molar-refractivity contribution in [1.82, 2.24) is 9.38 Å². The quantitative estimate of drug-likeness (QED) is 0.870. The van der Waals surface area contributed by atoms with Crippen molar-refractivity contribution in [3.8, 4) is 0 Å². The summed E-state index contributed by atoms with van der Waals surface area (Å²) < 4.78 is 1.97. The van der Waals surface area contributed by atoms with E-state index in [1.165, 1.54) is 0 Å². The molecule has 0 bridgehead atoms. The average Bonchev–Trinajstić information content (AvgIpc) is 2.44. The Bertz CT molecular complexity index is 523. The first-order valence-electron chi connectivity index (χ1n) is 3.66. The third-order valence-corrected chi connectivity index (χ3v) is 2.71. The molecule has 0 aromatic carbocycles. The van der Waals surface area contributed by atoms with E-state index in [0.29, 0.717) is 15.3 Å². The zero-order valence-corrected chi connectivity index (χ0v) is 9.08. The fourth-order valence-electron chi connectivity index (χ4n) is 1.13. The Labute approximate surface area is 92.3 Å². The minimum atomic E-state index is -1.07. The zero-order valence-electron chi connectivity index (χ0n) is 6.74. The number of aromatic nitrogens is 2. The van der Waals surface area contributed by atoms with Crippen LogP contribution in [0.25, 0.3) is 5.65 Å². The molecule has 0 unspecified atom stereocenters. The summed E-state index contributed by atoms with van der Waals surface area (Å²) in [4.78, 5) is 14.6. The summed E-state index contributed by atoms with van der Waals surface area (Å²) in [6.07, 6.45) is 1.60. The van der Waals surface area contributed by atoms with Crippen molar-refractivity contribution in [1.29, 1.82) is 0 Å². The summed E-state index contributed by atoms with van der Waals surface area (Å²) in [7, 11) is 0. The zero-order chi connectivity index (χ0) is 10.3. The number of halogens is 2.